The Morgan fingerprint density at radius 2 is 1.72 bits per heavy atom. The summed E-state index contributed by atoms with van der Waals surface area (Å²) in [6.07, 6.45) is 3.41. The van der Waals surface area contributed by atoms with Crippen molar-refractivity contribution in [3.05, 3.63) is 83.6 Å². The SMILES string of the molecule is O=S(=O)(Nc1ccc(Oc2ccc(-n3cccn3)nn2)cc1)c1ccccc1Br. The van der Waals surface area contributed by atoms with Crippen molar-refractivity contribution < 1.29 is 13.2 Å². The van der Waals surface area contributed by atoms with E-state index in [1.807, 2.05) is 0 Å². The van der Waals surface area contributed by atoms with Crippen molar-refractivity contribution in [1.82, 2.24) is 20.0 Å². The number of nitrogens with zero attached hydrogens (tertiary/aromatic N) is 4. The Kier molecular flexibility index (Phi) is 5.28. The first-order valence-electron chi connectivity index (χ1n) is 8.40. The Balaban J connectivity index is 1.45. The summed E-state index contributed by atoms with van der Waals surface area (Å²) in [6.45, 7) is 0. The Morgan fingerprint density at radius 1 is 0.931 bits per heavy atom. The fraction of sp³-hybridized carbons (Fsp3) is 0. The second-order valence-corrected chi connectivity index (χ2v) is 8.35. The highest BCUT2D eigenvalue weighted by Gasteiger charge is 2.17. The molecular weight excluding hydrogens is 458 g/mol. The van der Waals surface area contributed by atoms with Gasteiger partial charge >= 0.3 is 0 Å². The second-order valence-electron chi connectivity index (χ2n) is 5.84. The van der Waals surface area contributed by atoms with Gasteiger partial charge in [0.25, 0.3) is 10.0 Å². The topological polar surface area (TPSA) is 99.0 Å². The molecular formula is C19H14BrN5O3S. The summed E-state index contributed by atoms with van der Waals surface area (Å²) in [5.41, 5.74) is 0.410. The lowest BCUT2D eigenvalue weighted by atomic mass is 10.3. The summed E-state index contributed by atoms with van der Waals surface area (Å²) in [5, 5.41) is 12.1. The number of anilines is 1. The highest BCUT2D eigenvalue weighted by atomic mass is 79.9. The lowest BCUT2D eigenvalue weighted by molar-refractivity contribution is 0.454. The maximum absolute atomic E-state index is 12.5. The van der Waals surface area contributed by atoms with Crippen molar-refractivity contribution in [2.24, 2.45) is 0 Å². The van der Waals surface area contributed by atoms with Crippen molar-refractivity contribution in [2.45, 2.75) is 4.90 Å². The van der Waals surface area contributed by atoms with Crippen LogP contribution in [0.3, 0.4) is 0 Å². The molecule has 0 unspecified atom stereocenters. The molecule has 4 aromatic rings. The van der Waals surface area contributed by atoms with Crippen molar-refractivity contribution in [2.75, 3.05) is 4.72 Å². The molecule has 2 heterocycles. The van der Waals surface area contributed by atoms with Gasteiger partial charge in [0.05, 0.1) is 0 Å². The molecule has 0 atom stereocenters. The molecule has 4 rings (SSSR count). The largest absolute Gasteiger partial charge is 0.438 e. The Labute approximate surface area is 175 Å². The molecule has 0 amide bonds. The van der Waals surface area contributed by atoms with Gasteiger partial charge in [0, 0.05) is 28.6 Å². The molecule has 0 spiro atoms. The summed E-state index contributed by atoms with van der Waals surface area (Å²) in [4.78, 5) is 0.160. The molecule has 0 aliphatic carbocycles. The number of rotatable bonds is 6. The minimum Gasteiger partial charge on any atom is -0.438 e. The van der Waals surface area contributed by atoms with Crippen LogP contribution in [0.4, 0.5) is 5.69 Å². The maximum atomic E-state index is 12.5. The van der Waals surface area contributed by atoms with E-state index in [1.54, 1.807) is 77.7 Å². The molecule has 2 aromatic carbocycles. The molecule has 10 heteroatoms. The summed E-state index contributed by atoms with van der Waals surface area (Å²) >= 11 is 3.25. The van der Waals surface area contributed by atoms with E-state index in [0.717, 1.165) is 0 Å². The first-order valence-corrected chi connectivity index (χ1v) is 10.7. The number of sulfonamides is 1. The average molecular weight is 472 g/mol. The van der Waals surface area contributed by atoms with Crippen LogP contribution in [0.2, 0.25) is 0 Å². The van der Waals surface area contributed by atoms with E-state index in [9.17, 15) is 8.42 Å². The third-order valence-electron chi connectivity index (χ3n) is 3.82. The highest BCUT2D eigenvalue weighted by Crippen LogP contribution is 2.26. The molecule has 0 aliphatic rings. The molecule has 0 bridgehead atoms. The van der Waals surface area contributed by atoms with Gasteiger partial charge in [0.2, 0.25) is 5.88 Å². The van der Waals surface area contributed by atoms with E-state index in [4.69, 9.17) is 4.74 Å². The molecule has 1 N–H and O–H groups in total. The number of benzene rings is 2. The smallest absolute Gasteiger partial charge is 0.263 e. The molecule has 8 nitrogen and oxygen atoms in total. The molecule has 29 heavy (non-hydrogen) atoms. The van der Waals surface area contributed by atoms with Crippen LogP contribution in [0.1, 0.15) is 0 Å². The van der Waals surface area contributed by atoms with Crippen LogP contribution in [0.15, 0.2) is 88.5 Å². The third-order valence-corrected chi connectivity index (χ3v) is 6.21. The fourth-order valence-corrected chi connectivity index (χ4v) is 4.54. The predicted octanol–water partition coefficient (Wildman–Crippen LogP) is 4.02. The standard InChI is InChI=1S/C19H14BrN5O3S/c20-16-4-1-2-5-17(16)29(26,27)24-14-6-8-15(9-7-14)28-19-11-10-18(22-23-19)25-13-3-12-21-25/h1-13,24H. The van der Waals surface area contributed by atoms with Gasteiger partial charge in [-0.1, -0.05) is 12.1 Å². The van der Waals surface area contributed by atoms with Crippen molar-refractivity contribution in [1.29, 1.82) is 0 Å². The highest BCUT2D eigenvalue weighted by molar-refractivity contribution is 9.10. The molecule has 2 aromatic heterocycles. The molecule has 0 saturated heterocycles. The molecule has 0 saturated carbocycles. The summed E-state index contributed by atoms with van der Waals surface area (Å²) in [7, 11) is -3.71. The number of hydrogen-bond donors (Lipinski definition) is 1. The van der Waals surface area contributed by atoms with Crippen LogP contribution < -0.4 is 9.46 Å². The number of halogens is 1. The Morgan fingerprint density at radius 3 is 2.38 bits per heavy atom. The van der Waals surface area contributed by atoms with Crippen LogP contribution >= 0.6 is 15.9 Å². The predicted molar refractivity (Wildman–Crippen MR) is 111 cm³/mol. The Bertz CT molecular complexity index is 1210. The quantitative estimate of drug-likeness (QED) is 0.455. The number of ether oxygens (including phenoxy) is 1. The van der Waals surface area contributed by atoms with Crippen LogP contribution in [0.5, 0.6) is 11.6 Å². The zero-order valence-electron chi connectivity index (χ0n) is 14.8. The van der Waals surface area contributed by atoms with Crippen LogP contribution in [-0.2, 0) is 10.0 Å². The minimum atomic E-state index is -3.71. The first-order chi connectivity index (χ1) is 14.0. The number of hydrogen-bond acceptors (Lipinski definition) is 6. The maximum Gasteiger partial charge on any atom is 0.263 e. The number of aromatic nitrogens is 4. The summed E-state index contributed by atoms with van der Waals surface area (Å²) < 4.78 is 35.3. The van der Waals surface area contributed by atoms with E-state index in [1.165, 1.54) is 6.07 Å². The van der Waals surface area contributed by atoms with Gasteiger partial charge in [-0.3, -0.25) is 4.72 Å². The van der Waals surface area contributed by atoms with Gasteiger partial charge in [-0.05, 0) is 64.5 Å². The van der Waals surface area contributed by atoms with Crippen LogP contribution in [0, 0.1) is 0 Å². The Hall–Kier alpha value is -3.24. The second kappa shape index (κ2) is 8.02. The van der Waals surface area contributed by atoms with E-state index in [-0.39, 0.29) is 4.90 Å². The average Bonchev–Trinajstić information content (AvgIpc) is 3.25. The van der Waals surface area contributed by atoms with E-state index in [0.29, 0.717) is 27.6 Å². The molecule has 0 fully saturated rings. The van der Waals surface area contributed by atoms with Crippen LogP contribution in [0.25, 0.3) is 5.82 Å². The minimum absolute atomic E-state index is 0.160. The van der Waals surface area contributed by atoms with E-state index in [2.05, 4.69) is 35.9 Å². The first kappa shape index (κ1) is 19.1. The molecule has 0 aliphatic heterocycles. The van der Waals surface area contributed by atoms with Crippen LogP contribution in [-0.4, -0.2) is 28.4 Å². The van der Waals surface area contributed by atoms with Crippen molar-refractivity contribution >= 4 is 31.6 Å². The van der Waals surface area contributed by atoms with Crippen molar-refractivity contribution in [3.63, 3.8) is 0 Å². The monoisotopic (exact) mass is 471 g/mol. The van der Waals surface area contributed by atoms with Gasteiger partial charge < -0.3 is 4.74 Å². The summed E-state index contributed by atoms with van der Waals surface area (Å²) in [6, 6.07) is 18.3. The zero-order chi connectivity index (χ0) is 20.3. The van der Waals surface area contributed by atoms with Gasteiger partial charge in [-0.2, -0.15) is 5.10 Å². The molecule has 146 valence electrons. The van der Waals surface area contributed by atoms with Crippen molar-refractivity contribution in [3.8, 4) is 17.4 Å². The number of nitrogens with one attached hydrogen (secondary N) is 1. The fourth-order valence-electron chi connectivity index (χ4n) is 2.48. The van der Waals surface area contributed by atoms with Gasteiger partial charge in [0.1, 0.15) is 10.6 Å². The van der Waals surface area contributed by atoms with Gasteiger partial charge in [-0.25, -0.2) is 13.1 Å². The summed E-state index contributed by atoms with van der Waals surface area (Å²) in [5.74, 6) is 1.37. The van der Waals surface area contributed by atoms with E-state index >= 15 is 0 Å². The third kappa shape index (κ3) is 4.44. The lowest BCUT2D eigenvalue weighted by Crippen LogP contribution is -2.13. The normalized spacial score (nSPS) is 11.2. The zero-order valence-corrected chi connectivity index (χ0v) is 17.2. The molecule has 0 radical (unpaired) electrons. The van der Waals surface area contributed by atoms with Gasteiger partial charge in [-0.15, -0.1) is 10.2 Å². The van der Waals surface area contributed by atoms with E-state index < -0.39 is 10.0 Å². The van der Waals surface area contributed by atoms with Gasteiger partial charge in [0.15, 0.2) is 5.82 Å². The lowest BCUT2D eigenvalue weighted by Gasteiger charge is -2.10.